The van der Waals surface area contributed by atoms with Crippen molar-refractivity contribution < 1.29 is 5.11 Å². The Balaban J connectivity index is 3.18. The highest BCUT2D eigenvalue weighted by Gasteiger charge is 2.27. The summed E-state index contributed by atoms with van der Waals surface area (Å²) in [6.07, 6.45) is 0. The lowest BCUT2D eigenvalue weighted by molar-refractivity contribution is 0.0398. The van der Waals surface area contributed by atoms with Crippen LogP contribution in [-0.2, 0) is 0 Å². The van der Waals surface area contributed by atoms with Crippen molar-refractivity contribution in [3.63, 3.8) is 0 Å². The molecule has 2 nitrogen and oxygen atoms in total. The van der Waals surface area contributed by atoms with Gasteiger partial charge in [-0.15, -0.1) is 0 Å². The van der Waals surface area contributed by atoms with Crippen LogP contribution in [0.4, 0.5) is 0 Å². The lowest BCUT2D eigenvalue weighted by Crippen LogP contribution is -2.37. The molecule has 0 heterocycles. The van der Waals surface area contributed by atoms with E-state index in [1.165, 1.54) is 16.7 Å². The maximum Gasteiger partial charge on any atom is 0.0785 e. The Hall–Kier alpha value is -0.860. The van der Waals surface area contributed by atoms with E-state index in [1.54, 1.807) is 0 Å². The van der Waals surface area contributed by atoms with Crippen LogP contribution in [0.2, 0.25) is 0 Å². The van der Waals surface area contributed by atoms with Gasteiger partial charge in [0, 0.05) is 0 Å². The molecule has 0 radical (unpaired) electrons. The van der Waals surface area contributed by atoms with Gasteiger partial charge in [0.05, 0.1) is 11.6 Å². The third-order valence-corrected chi connectivity index (χ3v) is 2.74. The summed E-state index contributed by atoms with van der Waals surface area (Å²) in [6, 6.07) is 6.29. The fraction of sp³-hybridized carbons (Fsp3) is 0.538. The number of likely N-dealkylation sites (N-methyl/N-ethyl adjacent to an activating group) is 1. The van der Waals surface area contributed by atoms with Gasteiger partial charge in [-0.1, -0.05) is 23.8 Å². The first-order valence-corrected chi connectivity index (χ1v) is 5.33. The van der Waals surface area contributed by atoms with Crippen LogP contribution in [0.5, 0.6) is 0 Å². The second-order valence-electron chi connectivity index (χ2n) is 4.74. The number of hydrogen-bond donors (Lipinski definition) is 2. The molecule has 2 heteroatoms. The van der Waals surface area contributed by atoms with Gasteiger partial charge in [-0.2, -0.15) is 0 Å². The minimum atomic E-state index is -0.757. The van der Waals surface area contributed by atoms with E-state index in [2.05, 4.69) is 37.4 Å². The van der Waals surface area contributed by atoms with E-state index in [0.717, 1.165) is 0 Å². The Morgan fingerprint density at radius 1 is 1.27 bits per heavy atom. The molecule has 0 spiro atoms. The van der Waals surface area contributed by atoms with Gasteiger partial charge in [-0.05, 0) is 45.9 Å². The number of benzene rings is 1. The normalized spacial score (nSPS) is 14.0. The summed E-state index contributed by atoms with van der Waals surface area (Å²) >= 11 is 0. The van der Waals surface area contributed by atoms with Gasteiger partial charge >= 0.3 is 0 Å². The molecule has 1 rings (SSSR count). The predicted octanol–water partition coefficient (Wildman–Crippen LogP) is 2.33. The molecular weight excluding hydrogens is 186 g/mol. The van der Waals surface area contributed by atoms with Crippen LogP contribution in [0.15, 0.2) is 18.2 Å². The van der Waals surface area contributed by atoms with Crippen LogP contribution in [-0.4, -0.2) is 17.8 Å². The zero-order valence-electron chi connectivity index (χ0n) is 10.3. The molecule has 15 heavy (non-hydrogen) atoms. The van der Waals surface area contributed by atoms with Gasteiger partial charge in [0.25, 0.3) is 0 Å². The Labute approximate surface area is 92.3 Å². The second-order valence-corrected chi connectivity index (χ2v) is 4.74. The minimum absolute atomic E-state index is 0.0302. The van der Waals surface area contributed by atoms with Gasteiger partial charge in [0.2, 0.25) is 0 Å². The molecule has 1 aromatic rings. The number of aliphatic hydroxyl groups is 1. The van der Waals surface area contributed by atoms with Gasteiger partial charge in [-0.3, -0.25) is 0 Å². The number of hydrogen-bond acceptors (Lipinski definition) is 2. The second kappa shape index (κ2) is 4.33. The van der Waals surface area contributed by atoms with Crippen LogP contribution in [0.25, 0.3) is 0 Å². The van der Waals surface area contributed by atoms with Gasteiger partial charge < -0.3 is 10.4 Å². The number of nitrogens with one attached hydrogen (secondary N) is 1. The molecule has 0 aliphatic heterocycles. The average Bonchev–Trinajstić information content (AvgIpc) is 2.10. The molecule has 2 N–H and O–H groups in total. The van der Waals surface area contributed by atoms with Gasteiger partial charge in [-0.25, -0.2) is 0 Å². The topological polar surface area (TPSA) is 32.3 Å². The first-order chi connectivity index (χ1) is 6.86. The summed E-state index contributed by atoms with van der Waals surface area (Å²) in [5, 5.41) is 13.3. The molecule has 1 unspecified atom stereocenters. The summed E-state index contributed by atoms with van der Waals surface area (Å²) in [5.41, 5.74) is 2.85. The highest BCUT2D eigenvalue weighted by Crippen LogP contribution is 2.28. The summed E-state index contributed by atoms with van der Waals surface area (Å²) < 4.78 is 0. The van der Waals surface area contributed by atoms with E-state index < -0.39 is 5.60 Å². The van der Waals surface area contributed by atoms with Crippen molar-refractivity contribution in [2.24, 2.45) is 0 Å². The van der Waals surface area contributed by atoms with Crippen molar-refractivity contribution in [2.45, 2.75) is 39.3 Å². The largest absolute Gasteiger partial charge is 0.388 e. The first kappa shape index (κ1) is 12.2. The smallest absolute Gasteiger partial charge is 0.0785 e. The average molecular weight is 207 g/mol. The third kappa shape index (κ3) is 2.80. The summed E-state index contributed by atoms with van der Waals surface area (Å²) in [7, 11) is 1.88. The molecule has 0 fully saturated rings. The Bertz CT molecular complexity index is 339. The fourth-order valence-electron chi connectivity index (χ4n) is 1.96. The Morgan fingerprint density at radius 2 is 1.87 bits per heavy atom. The van der Waals surface area contributed by atoms with Crippen molar-refractivity contribution >= 4 is 0 Å². The standard InChI is InChI=1S/C13H21NO/c1-9-6-7-10(2)11(8-9)12(14-5)13(3,4)15/h6-8,12,14-15H,1-5H3. The maximum atomic E-state index is 10.1. The molecule has 0 amide bonds. The first-order valence-electron chi connectivity index (χ1n) is 5.33. The summed E-state index contributed by atoms with van der Waals surface area (Å²) in [6.45, 7) is 7.80. The van der Waals surface area contributed by atoms with Crippen molar-refractivity contribution in [2.75, 3.05) is 7.05 Å². The molecular formula is C13H21NO. The number of rotatable bonds is 3. The maximum absolute atomic E-state index is 10.1. The Morgan fingerprint density at radius 3 is 2.33 bits per heavy atom. The highest BCUT2D eigenvalue weighted by atomic mass is 16.3. The monoisotopic (exact) mass is 207 g/mol. The molecule has 0 saturated heterocycles. The van der Waals surface area contributed by atoms with Crippen LogP contribution in [0.1, 0.15) is 36.6 Å². The van der Waals surface area contributed by atoms with E-state index in [4.69, 9.17) is 0 Å². The van der Waals surface area contributed by atoms with Crippen LogP contribution in [0, 0.1) is 13.8 Å². The molecule has 0 bridgehead atoms. The van der Waals surface area contributed by atoms with Crippen molar-refractivity contribution in [3.8, 4) is 0 Å². The molecule has 0 aliphatic rings. The van der Waals surface area contributed by atoms with Crippen molar-refractivity contribution in [3.05, 3.63) is 34.9 Å². The van der Waals surface area contributed by atoms with Crippen LogP contribution < -0.4 is 5.32 Å². The van der Waals surface area contributed by atoms with E-state index in [-0.39, 0.29) is 6.04 Å². The fourth-order valence-corrected chi connectivity index (χ4v) is 1.96. The summed E-state index contributed by atoms with van der Waals surface area (Å²) in [5.74, 6) is 0. The molecule has 1 atom stereocenters. The van der Waals surface area contributed by atoms with E-state index in [9.17, 15) is 5.11 Å². The predicted molar refractivity (Wildman–Crippen MR) is 64.0 cm³/mol. The number of aryl methyl sites for hydroxylation is 2. The van der Waals surface area contributed by atoms with Crippen LogP contribution in [0.3, 0.4) is 0 Å². The van der Waals surface area contributed by atoms with Gasteiger partial charge in [0.1, 0.15) is 0 Å². The highest BCUT2D eigenvalue weighted by molar-refractivity contribution is 5.34. The molecule has 1 aromatic carbocycles. The van der Waals surface area contributed by atoms with Crippen LogP contribution >= 0.6 is 0 Å². The zero-order chi connectivity index (χ0) is 11.6. The van der Waals surface area contributed by atoms with E-state index >= 15 is 0 Å². The Kier molecular flexibility index (Phi) is 3.53. The molecule has 84 valence electrons. The van der Waals surface area contributed by atoms with Crippen molar-refractivity contribution in [1.29, 1.82) is 0 Å². The van der Waals surface area contributed by atoms with E-state index in [1.807, 2.05) is 20.9 Å². The van der Waals surface area contributed by atoms with E-state index in [0.29, 0.717) is 0 Å². The SMILES string of the molecule is CNC(c1cc(C)ccc1C)C(C)(C)O. The lowest BCUT2D eigenvalue weighted by atomic mass is 9.88. The summed E-state index contributed by atoms with van der Waals surface area (Å²) in [4.78, 5) is 0. The zero-order valence-corrected chi connectivity index (χ0v) is 10.3. The lowest BCUT2D eigenvalue weighted by Gasteiger charge is -2.30. The quantitative estimate of drug-likeness (QED) is 0.797. The third-order valence-electron chi connectivity index (χ3n) is 2.74. The van der Waals surface area contributed by atoms with Crippen molar-refractivity contribution in [1.82, 2.24) is 5.32 Å². The molecule has 0 aromatic heterocycles. The minimum Gasteiger partial charge on any atom is -0.388 e. The van der Waals surface area contributed by atoms with Gasteiger partial charge in [0.15, 0.2) is 0 Å². The molecule has 0 aliphatic carbocycles. The molecule has 0 saturated carbocycles.